The van der Waals surface area contributed by atoms with Crippen molar-refractivity contribution in [2.45, 2.75) is 25.4 Å². The van der Waals surface area contributed by atoms with Gasteiger partial charge in [0.05, 0.1) is 12.7 Å². The minimum atomic E-state index is -1.95. The van der Waals surface area contributed by atoms with Crippen molar-refractivity contribution in [2.24, 2.45) is 0 Å². The summed E-state index contributed by atoms with van der Waals surface area (Å²) >= 11 is 0. The number of carbonyl (C=O) groups excluding carboxylic acids is 1. The minimum absolute atomic E-state index is 0.280. The zero-order valence-corrected chi connectivity index (χ0v) is 15.0. The summed E-state index contributed by atoms with van der Waals surface area (Å²) in [7, 11) is 2.89. The maximum atomic E-state index is 11.7. The molecular formula is C16H27NO4Si. The molecule has 1 rings (SSSR count). The van der Waals surface area contributed by atoms with Gasteiger partial charge in [0.25, 0.3) is 0 Å². The van der Waals surface area contributed by atoms with Gasteiger partial charge >= 0.3 is 14.5 Å². The van der Waals surface area contributed by atoms with Crippen LogP contribution >= 0.6 is 0 Å². The molecule has 0 atom stereocenters. The van der Waals surface area contributed by atoms with Crippen LogP contribution in [0.25, 0.3) is 0 Å². The van der Waals surface area contributed by atoms with Crippen molar-refractivity contribution in [3.8, 4) is 0 Å². The Kier molecular flexibility index (Phi) is 8.33. The third kappa shape index (κ3) is 5.88. The van der Waals surface area contributed by atoms with E-state index in [9.17, 15) is 4.79 Å². The van der Waals surface area contributed by atoms with Crippen molar-refractivity contribution in [1.82, 2.24) is 5.32 Å². The van der Waals surface area contributed by atoms with Crippen LogP contribution in [0, 0.1) is 0 Å². The number of esters is 1. The molecular weight excluding hydrogens is 298 g/mol. The van der Waals surface area contributed by atoms with Gasteiger partial charge in [0.15, 0.2) is 0 Å². The van der Waals surface area contributed by atoms with Gasteiger partial charge in [-0.25, -0.2) is 4.79 Å². The van der Waals surface area contributed by atoms with Crippen LogP contribution < -0.4 is 5.32 Å². The smallest absolute Gasteiger partial charge is 0.338 e. The number of rotatable bonds is 10. The topological polar surface area (TPSA) is 56.8 Å². The van der Waals surface area contributed by atoms with Crippen molar-refractivity contribution in [2.75, 3.05) is 34.4 Å². The second-order valence-electron chi connectivity index (χ2n) is 5.29. The van der Waals surface area contributed by atoms with E-state index in [0.29, 0.717) is 5.56 Å². The molecule has 0 saturated heterocycles. The van der Waals surface area contributed by atoms with Crippen molar-refractivity contribution < 1.29 is 18.4 Å². The average molecular weight is 325 g/mol. The fourth-order valence-corrected chi connectivity index (χ4v) is 3.61. The first-order valence-electron chi connectivity index (χ1n) is 7.53. The van der Waals surface area contributed by atoms with Crippen LogP contribution in [0.1, 0.15) is 22.3 Å². The van der Waals surface area contributed by atoms with Gasteiger partial charge in [0.1, 0.15) is 0 Å². The van der Waals surface area contributed by atoms with Gasteiger partial charge in [-0.1, -0.05) is 18.2 Å². The van der Waals surface area contributed by atoms with Gasteiger partial charge in [0, 0.05) is 14.2 Å². The largest absolute Gasteiger partial charge is 0.465 e. The Balaban J connectivity index is 2.32. The number of carbonyl (C=O) groups is 1. The van der Waals surface area contributed by atoms with Crippen LogP contribution in [0.5, 0.6) is 0 Å². The lowest BCUT2D eigenvalue weighted by molar-refractivity contribution is 0.0599. The summed E-state index contributed by atoms with van der Waals surface area (Å²) in [6.45, 7) is 3.81. The predicted octanol–water partition coefficient (Wildman–Crippen LogP) is 2.36. The lowest BCUT2D eigenvalue weighted by atomic mass is 10.0. The molecule has 0 aliphatic heterocycles. The fraction of sp³-hybridized carbons (Fsp3) is 0.562. The zero-order valence-electron chi connectivity index (χ0n) is 14.0. The van der Waals surface area contributed by atoms with E-state index in [-0.39, 0.29) is 5.97 Å². The second kappa shape index (κ2) is 9.73. The molecule has 0 aliphatic rings. The van der Waals surface area contributed by atoms with Gasteiger partial charge in [0.2, 0.25) is 0 Å². The van der Waals surface area contributed by atoms with E-state index >= 15 is 0 Å². The summed E-state index contributed by atoms with van der Waals surface area (Å²) < 4.78 is 15.7. The van der Waals surface area contributed by atoms with Crippen LogP contribution in [-0.2, 0) is 20.0 Å². The monoisotopic (exact) mass is 325 g/mol. The SMILES string of the molecule is COC(=O)c1ccccc1CCNCCC[Si](C)(OC)OC. The maximum absolute atomic E-state index is 11.7. The molecule has 0 heterocycles. The van der Waals surface area contributed by atoms with Crippen molar-refractivity contribution >= 4 is 14.5 Å². The molecule has 1 N–H and O–H groups in total. The molecule has 0 amide bonds. The molecule has 22 heavy (non-hydrogen) atoms. The molecule has 0 fully saturated rings. The van der Waals surface area contributed by atoms with Crippen LogP contribution in [0.4, 0.5) is 0 Å². The average Bonchev–Trinajstić information content (AvgIpc) is 2.57. The molecule has 124 valence electrons. The van der Waals surface area contributed by atoms with E-state index in [1.807, 2.05) is 18.2 Å². The molecule has 5 nitrogen and oxygen atoms in total. The van der Waals surface area contributed by atoms with Gasteiger partial charge in [-0.05, 0) is 50.2 Å². The van der Waals surface area contributed by atoms with Crippen LogP contribution in [0.15, 0.2) is 24.3 Å². The van der Waals surface area contributed by atoms with E-state index < -0.39 is 8.56 Å². The highest BCUT2D eigenvalue weighted by Crippen LogP contribution is 2.13. The molecule has 0 aliphatic carbocycles. The number of benzene rings is 1. The standard InChI is InChI=1S/C16H27NO4Si/c1-19-16(18)15-9-6-5-8-14(15)10-12-17-11-7-13-22(4,20-2)21-3/h5-6,8-9,17H,7,10-13H2,1-4H3. The van der Waals surface area contributed by atoms with Gasteiger partial charge in [-0.3, -0.25) is 0 Å². The molecule has 0 bridgehead atoms. The first-order valence-corrected chi connectivity index (χ1v) is 10.1. The van der Waals surface area contributed by atoms with E-state index in [2.05, 4.69) is 11.9 Å². The summed E-state index contributed by atoms with van der Waals surface area (Å²) in [6, 6.07) is 8.52. The van der Waals surface area contributed by atoms with Crippen molar-refractivity contribution in [1.29, 1.82) is 0 Å². The van der Waals surface area contributed by atoms with Gasteiger partial charge in [-0.15, -0.1) is 0 Å². The molecule has 0 spiro atoms. The fourth-order valence-electron chi connectivity index (χ4n) is 2.22. The van der Waals surface area contributed by atoms with Crippen LogP contribution in [0.3, 0.4) is 0 Å². The maximum Gasteiger partial charge on any atom is 0.338 e. The first-order chi connectivity index (χ1) is 10.6. The first kappa shape index (κ1) is 18.8. The van der Waals surface area contributed by atoms with Crippen molar-refractivity contribution in [3.63, 3.8) is 0 Å². The Morgan fingerprint density at radius 1 is 1.14 bits per heavy atom. The lowest BCUT2D eigenvalue weighted by Crippen LogP contribution is -2.36. The zero-order chi connectivity index (χ0) is 16.4. The number of hydrogen-bond donors (Lipinski definition) is 1. The Bertz CT molecular complexity index is 463. The molecule has 0 saturated carbocycles. The highest BCUT2D eigenvalue weighted by Gasteiger charge is 2.27. The van der Waals surface area contributed by atoms with Crippen molar-refractivity contribution in [3.05, 3.63) is 35.4 Å². The highest BCUT2D eigenvalue weighted by atomic mass is 28.4. The quantitative estimate of drug-likeness (QED) is 0.406. The van der Waals surface area contributed by atoms with E-state index in [0.717, 1.165) is 37.5 Å². The van der Waals surface area contributed by atoms with Gasteiger partial charge in [-0.2, -0.15) is 0 Å². The number of nitrogens with one attached hydrogen (secondary N) is 1. The molecule has 0 aromatic heterocycles. The highest BCUT2D eigenvalue weighted by molar-refractivity contribution is 6.65. The number of ether oxygens (including phenoxy) is 1. The summed E-state index contributed by atoms with van der Waals surface area (Å²) in [4.78, 5) is 11.7. The molecule has 0 radical (unpaired) electrons. The van der Waals surface area contributed by atoms with E-state index in [1.54, 1.807) is 20.3 Å². The number of methoxy groups -OCH3 is 1. The molecule has 1 aromatic rings. The minimum Gasteiger partial charge on any atom is -0.465 e. The third-order valence-electron chi connectivity index (χ3n) is 3.84. The predicted molar refractivity (Wildman–Crippen MR) is 89.4 cm³/mol. The van der Waals surface area contributed by atoms with Crippen LogP contribution in [0.2, 0.25) is 12.6 Å². The third-order valence-corrected chi connectivity index (χ3v) is 6.83. The molecule has 0 unspecified atom stereocenters. The molecule has 6 heteroatoms. The Hall–Kier alpha value is -1.21. The Morgan fingerprint density at radius 2 is 1.82 bits per heavy atom. The summed E-state index contributed by atoms with van der Waals surface area (Å²) in [6.07, 6.45) is 1.82. The summed E-state index contributed by atoms with van der Waals surface area (Å²) in [5.41, 5.74) is 1.65. The summed E-state index contributed by atoms with van der Waals surface area (Å²) in [5.74, 6) is -0.280. The van der Waals surface area contributed by atoms with Gasteiger partial charge < -0.3 is 18.9 Å². The Labute approximate surface area is 134 Å². The summed E-state index contributed by atoms with van der Waals surface area (Å²) in [5, 5.41) is 3.40. The molecule has 1 aromatic carbocycles. The normalized spacial score (nSPS) is 11.5. The Morgan fingerprint density at radius 3 is 2.45 bits per heavy atom. The number of hydrogen-bond acceptors (Lipinski definition) is 5. The second-order valence-corrected chi connectivity index (χ2v) is 8.88. The lowest BCUT2D eigenvalue weighted by Gasteiger charge is -2.22. The van der Waals surface area contributed by atoms with E-state index in [4.69, 9.17) is 13.6 Å². The van der Waals surface area contributed by atoms with Crippen LogP contribution in [-0.4, -0.2) is 48.9 Å². The van der Waals surface area contributed by atoms with E-state index in [1.165, 1.54) is 7.11 Å².